The van der Waals surface area contributed by atoms with Crippen molar-refractivity contribution in [3.05, 3.63) is 41.2 Å². The van der Waals surface area contributed by atoms with Gasteiger partial charge < -0.3 is 5.32 Å². The first-order valence-corrected chi connectivity index (χ1v) is 8.16. The maximum absolute atomic E-state index is 12.3. The van der Waals surface area contributed by atoms with Gasteiger partial charge in [0.25, 0.3) is 0 Å². The van der Waals surface area contributed by atoms with Crippen molar-refractivity contribution in [2.24, 2.45) is 5.92 Å². The zero-order chi connectivity index (χ0) is 16.2. The molecule has 0 bridgehead atoms. The molecule has 0 aliphatic carbocycles. The molecule has 130 valence electrons. The SMILES string of the molecule is C[C@H]1C[C@@H](C(=O)Nc2ncn(Cc3ccc(Cl)cc3)n2)CCN1.Cl. The molecule has 2 aromatic rings. The Kier molecular flexibility index (Phi) is 6.60. The second-order valence-electron chi connectivity index (χ2n) is 5.96. The van der Waals surface area contributed by atoms with Gasteiger partial charge >= 0.3 is 0 Å². The number of piperidine rings is 1. The Hall–Kier alpha value is -1.63. The largest absolute Gasteiger partial charge is 0.314 e. The van der Waals surface area contributed by atoms with Crippen LogP contribution in [0.3, 0.4) is 0 Å². The van der Waals surface area contributed by atoms with Crippen LogP contribution in [-0.4, -0.2) is 33.3 Å². The fraction of sp³-hybridized carbons (Fsp3) is 0.438. The molecule has 1 aromatic carbocycles. The van der Waals surface area contributed by atoms with Gasteiger partial charge in [-0.25, -0.2) is 9.67 Å². The molecule has 8 heteroatoms. The van der Waals surface area contributed by atoms with Crippen molar-refractivity contribution in [2.45, 2.75) is 32.4 Å². The zero-order valence-electron chi connectivity index (χ0n) is 13.4. The van der Waals surface area contributed by atoms with Crippen LogP contribution in [0.5, 0.6) is 0 Å². The van der Waals surface area contributed by atoms with E-state index in [1.54, 1.807) is 11.0 Å². The molecule has 1 fully saturated rings. The number of amides is 1. The minimum atomic E-state index is 0. The van der Waals surface area contributed by atoms with E-state index in [0.29, 0.717) is 23.6 Å². The van der Waals surface area contributed by atoms with Crippen LogP contribution < -0.4 is 10.6 Å². The minimum Gasteiger partial charge on any atom is -0.314 e. The number of aromatic nitrogens is 3. The maximum Gasteiger partial charge on any atom is 0.248 e. The van der Waals surface area contributed by atoms with Gasteiger partial charge in [0.05, 0.1) is 6.54 Å². The summed E-state index contributed by atoms with van der Waals surface area (Å²) in [4.78, 5) is 16.4. The van der Waals surface area contributed by atoms with Crippen molar-refractivity contribution >= 4 is 35.9 Å². The van der Waals surface area contributed by atoms with Crippen LogP contribution in [0.15, 0.2) is 30.6 Å². The molecule has 0 spiro atoms. The molecule has 0 saturated carbocycles. The van der Waals surface area contributed by atoms with Gasteiger partial charge in [0.2, 0.25) is 11.9 Å². The zero-order valence-corrected chi connectivity index (χ0v) is 15.0. The number of carbonyl (C=O) groups is 1. The molecule has 1 amide bonds. The molecule has 2 N–H and O–H groups in total. The van der Waals surface area contributed by atoms with E-state index < -0.39 is 0 Å². The highest BCUT2D eigenvalue weighted by Gasteiger charge is 2.25. The Morgan fingerprint density at radius 1 is 1.42 bits per heavy atom. The molecular formula is C16H21Cl2N5O. The van der Waals surface area contributed by atoms with E-state index in [1.807, 2.05) is 24.3 Å². The van der Waals surface area contributed by atoms with Crippen LogP contribution >= 0.6 is 24.0 Å². The summed E-state index contributed by atoms with van der Waals surface area (Å²) in [7, 11) is 0. The molecule has 1 aliphatic heterocycles. The van der Waals surface area contributed by atoms with E-state index in [-0.39, 0.29) is 24.2 Å². The summed E-state index contributed by atoms with van der Waals surface area (Å²) in [6, 6.07) is 7.94. The van der Waals surface area contributed by atoms with Crippen molar-refractivity contribution in [1.82, 2.24) is 20.1 Å². The lowest BCUT2D eigenvalue weighted by molar-refractivity contribution is -0.120. The maximum atomic E-state index is 12.3. The first kappa shape index (κ1) is 18.7. The monoisotopic (exact) mass is 369 g/mol. The van der Waals surface area contributed by atoms with Gasteiger partial charge in [-0.15, -0.1) is 17.5 Å². The van der Waals surface area contributed by atoms with Gasteiger partial charge in [-0.3, -0.25) is 10.1 Å². The predicted octanol–water partition coefficient (Wildman–Crippen LogP) is 2.73. The Morgan fingerprint density at radius 2 is 2.17 bits per heavy atom. The van der Waals surface area contributed by atoms with Crippen LogP contribution in [0.25, 0.3) is 0 Å². The molecule has 1 aliphatic rings. The number of nitrogens with zero attached hydrogens (tertiary/aromatic N) is 3. The molecule has 0 radical (unpaired) electrons. The average Bonchev–Trinajstić information content (AvgIpc) is 2.96. The summed E-state index contributed by atoms with van der Waals surface area (Å²) in [5.74, 6) is 0.382. The lowest BCUT2D eigenvalue weighted by Crippen LogP contribution is -2.40. The molecule has 2 heterocycles. The van der Waals surface area contributed by atoms with Crippen molar-refractivity contribution < 1.29 is 4.79 Å². The quantitative estimate of drug-likeness (QED) is 0.868. The molecule has 3 rings (SSSR count). The molecule has 1 aromatic heterocycles. The van der Waals surface area contributed by atoms with E-state index in [4.69, 9.17) is 11.6 Å². The number of anilines is 1. The number of rotatable bonds is 4. The van der Waals surface area contributed by atoms with Crippen molar-refractivity contribution in [3.63, 3.8) is 0 Å². The second-order valence-corrected chi connectivity index (χ2v) is 6.39. The Bertz CT molecular complexity index is 673. The summed E-state index contributed by atoms with van der Waals surface area (Å²) in [5.41, 5.74) is 1.07. The van der Waals surface area contributed by atoms with Crippen molar-refractivity contribution in [1.29, 1.82) is 0 Å². The fourth-order valence-corrected chi connectivity index (χ4v) is 2.91. The minimum absolute atomic E-state index is 0. The van der Waals surface area contributed by atoms with Crippen LogP contribution in [-0.2, 0) is 11.3 Å². The smallest absolute Gasteiger partial charge is 0.248 e. The van der Waals surface area contributed by atoms with Gasteiger partial charge in [-0.2, -0.15) is 0 Å². The molecule has 0 unspecified atom stereocenters. The van der Waals surface area contributed by atoms with Crippen molar-refractivity contribution in [3.8, 4) is 0 Å². The third kappa shape index (κ3) is 4.93. The fourth-order valence-electron chi connectivity index (χ4n) is 2.79. The Labute approximate surface area is 152 Å². The topological polar surface area (TPSA) is 71.8 Å². The molecular weight excluding hydrogens is 349 g/mol. The van der Waals surface area contributed by atoms with Crippen LogP contribution in [0.4, 0.5) is 5.95 Å². The van der Waals surface area contributed by atoms with E-state index in [9.17, 15) is 4.79 Å². The van der Waals surface area contributed by atoms with Crippen LogP contribution in [0.2, 0.25) is 5.02 Å². The summed E-state index contributed by atoms with van der Waals surface area (Å²) in [6.07, 6.45) is 3.31. The van der Waals surface area contributed by atoms with Crippen LogP contribution in [0, 0.1) is 5.92 Å². The summed E-state index contributed by atoms with van der Waals surface area (Å²) in [5, 5.41) is 11.2. The molecule has 6 nitrogen and oxygen atoms in total. The van der Waals surface area contributed by atoms with Gasteiger partial charge in [-0.05, 0) is 44.0 Å². The van der Waals surface area contributed by atoms with E-state index in [2.05, 4.69) is 27.6 Å². The summed E-state index contributed by atoms with van der Waals surface area (Å²) in [6.45, 7) is 3.56. The third-order valence-corrected chi connectivity index (χ3v) is 4.28. The average molecular weight is 370 g/mol. The van der Waals surface area contributed by atoms with Gasteiger partial charge in [0, 0.05) is 17.0 Å². The number of nitrogens with one attached hydrogen (secondary N) is 2. The number of benzene rings is 1. The molecule has 24 heavy (non-hydrogen) atoms. The van der Waals surface area contributed by atoms with E-state index in [0.717, 1.165) is 24.9 Å². The highest BCUT2D eigenvalue weighted by atomic mass is 35.5. The van der Waals surface area contributed by atoms with E-state index in [1.165, 1.54) is 0 Å². The van der Waals surface area contributed by atoms with Gasteiger partial charge in [-0.1, -0.05) is 23.7 Å². The first-order valence-electron chi connectivity index (χ1n) is 7.78. The Balaban J connectivity index is 0.00000208. The second kappa shape index (κ2) is 8.46. The first-order chi connectivity index (χ1) is 11.1. The molecule has 2 atom stereocenters. The number of carbonyl (C=O) groups excluding carboxylic acids is 1. The highest BCUT2D eigenvalue weighted by molar-refractivity contribution is 6.30. The summed E-state index contributed by atoms with van der Waals surface area (Å²) >= 11 is 5.87. The van der Waals surface area contributed by atoms with E-state index >= 15 is 0 Å². The van der Waals surface area contributed by atoms with Gasteiger partial charge in [0.15, 0.2) is 0 Å². The highest BCUT2D eigenvalue weighted by Crippen LogP contribution is 2.17. The lowest BCUT2D eigenvalue weighted by Gasteiger charge is -2.26. The van der Waals surface area contributed by atoms with Crippen LogP contribution in [0.1, 0.15) is 25.3 Å². The number of hydrogen-bond donors (Lipinski definition) is 2. The van der Waals surface area contributed by atoms with Crippen molar-refractivity contribution in [2.75, 3.05) is 11.9 Å². The molecule has 1 saturated heterocycles. The standard InChI is InChI=1S/C16H20ClN5O.ClH/c1-11-8-13(6-7-18-11)15(23)20-16-19-10-22(21-16)9-12-2-4-14(17)5-3-12;/h2-5,10-11,13,18H,6-9H2,1H3,(H,20,21,23);1H/t11-,13-;/m0./s1. The lowest BCUT2D eigenvalue weighted by atomic mass is 9.92. The third-order valence-electron chi connectivity index (χ3n) is 4.02. The Morgan fingerprint density at radius 3 is 2.88 bits per heavy atom. The number of hydrogen-bond acceptors (Lipinski definition) is 4. The normalized spacial score (nSPS) is 20.2. The predicted molar refractivity (Wildman–Crippen MR) is 96.6 cm³/mol. The summed E-state index contributed by atoms with van der Waals surface area (Å²) < 4.78 is 1.70. The number of halogens is 2. The van der Waals surface area contributed by atoms with Gasteiger partial charge in [0.1, 0.15) is 6.33 Å².